The lowest BCUT2D eigenvalue weighted by molar-refractivity contribution is 0.0602. The Labute approximate surface area is 171 Å². The molecule has 0 saturated carbocycles. The number of hydrogen-bond donors (Lipinski definition) is 1. The van der Waals surface area contributed by atoms with Crippen LogP contribution in [0.15, 0.2) is 65.3 Å². The van der Waals surface area contributed by atoms with Crippen molar-refractivity contribution in [2.75, 3.05) is 13.2 Å². The second kappa shape index (κ2) is 9.78. The van der Waals surface area contributed by atoms with Crippen molar-refractivity contribution in [1.29, 1.82) is 0 Å². The van der Waals surface area contributed by atoms with Crippen LogP contribution in [-0.4, -0.2) is 29.3 Å². The van der Waals surface area contributed by atoms with Gasteiger partial charge in [-0.05, 0) is 55.3 Å². The van der Waals surface area contributed by atoms with Crippen LogP contribution in [0.2, 0.25) is 5.02 Å². The molecule has 0 amide bonds. The number of aliphatic hydroxyl groups is 1. The van der Waals surface area contributed by atoms with Crippen LogP contribution in [0.25, 0.3) is 0 Å². The molecule has 2 aromatic carbocycles. The van der Waals surface area contributed by atoms with Gasteiger partial charge in [0.2, 0.25) is 0 Å². The normalized spacial score (nSPS) is 12.3. The molecule has 0 saturated heterocycles. The Morgan fingerprint density at radius 2 is 1.93 bits per heavy atom. The highest BCUT2D eigenvalue weighted by Crippen LogP contribution is 2.19. The monoisotopic (exact) mass is 399 g/mol. The predicted molar refractivity (Wildman–Crippen MR) is 112 cm³/mol. The minimum absolute atomic E-state index is 0.230. The third-order valence-electron chi connectivity index (χ3n) is 4.49. The minimum atomic E-state index is -0.630. The molecule has 0 radical (unpaired) electrons. The van der Waals surface area contributed by atoms with E-state index in [-0.39, 0.29) is 6.61 Å². The molecule has 28 heavy (non-hydrogen) atoms. The Hall–Kier alpha value is -2.27. The summed E-state index contributed by atoms with van der Waals surface area (Å²) < 4.78 is 11.3. The van der Waals surface area contributed by atoms with Gasteiger partial charge >= 0.3 is 0 Å². The summed E-state index contributed by atoms with van der Waals surface area (Å²) in [5, 5.41) is 11.3. The van der Waals surface area contributed by atoms with Gasteiger partial charge in [0.15, 0.2) is 0 Å². The fourth-order valence-electron chi connectivity index (χ4n) is 3.20. The summed E-state index contributed by atoms with van der Waals surface area (Å²) in [7, 11) is 0. The molecule has 0 fully saturated rings. The number of hydrogen-bond acceptors (Lipinski definition) is 4. The molecule has 5 heteroatoms. The molecule has 0 bridgehead atoms. The lowest BCUT2D eigenvalue weighted by atomic mass is 10.1. The Morgan fingerprint density at radius 3 is 2.64 bits per heavy atom. The van der Waals surface area contributed by atoms with Crippen molar-refractivity contribution >= 4 is 11.6 Å². The van der Waals surface area contributed by atoms with Gasteiger partial charge in [-0.2, -0.15) is 0 Å². The molecule has 1 N–H and O–H groups in total. The maximum atomic E-state index is 10.6. The number of aliphatic hydroxyl groups excluding tert-OH is 1. The van der Waals surface area contributed by atoms with Crippen LogP contribution in [-0.2, 0) is 13.1 Å². The molecule has 1 aromatic heterocycles. The lowest BCUT2D eigenvalue weighted by Crippen LogP contribution is -2.35. The Bertz CT molecular complexity index is 879. The number of ether oxygens (including phenoxy) is 1. The maximum absolute atomic E-state index is 10.6. The predicted octanol–water partition coefficient (Wildman–Crippen LogP) is 4.99. The summed E-state index contributed by atoms with van der Waals surface area (Å²) >= 11 is 6.11. The van der Waals surface area contributed by atoms with Crippen LogP contribution in [0.1, 0.15) is 22.5 Å². The first-order valence-electron chi connectivity index (χ1n) is 9.37. The van der Waals surface area contributed by atoms with Crippen LogP contribution >= 0.6 is 11.6 Å². The molecule has 1 atom stereocenters. The number of halogens is 1. The zero-order valence-electron chi connectivity index (χ0n) is 16.3. The molecular weight excluding hydrogens is 374 g/mol. The van der Waals surface area contributed by atoms with Gasteiger partial charge in [-0.15, -0.1) is 0 Å². The summed E-state index contributed by atoms with van der Waals surface area (Å²) in [5.41, 5.74) is 3.34. The molecule has 0 aliphatic carbocycles. The zero-order chi connectivity index (χ0) is 19.9. The highest BCUT2D eigenvalue weighted by atomic mass is 35.5. The summed E-state index contributed by atoms with van der Waals surface area (Å²) in [6, 6.07) is 17.6. The average Bonchev–Trinajstić information content (AvgIpc) is 3.14. The molecule has 0 spiro atoms. The summed E-state index contributed by atoms with van der Waals surface area (Å²) in [4.78, 5) is 2.13. The number of benzene rings is 2. The van der Waals surface area contributed by atoms with E-state index in [1.807, 2.05) is 62.4 Å². The van der Waals surface area contributed by atoms with Crippen LogP contribution in [0.3, 0.4) is 0 Å². The topological polar surface area (TPSA) is 45.8 Å². The fraction of sp³-hybridized carbons (Fsp3) is 0.304. The third kappa shape index (κ3) is 6.13. The quantitative estimate of drug-likeness (QED) is 0.550. The van der Waals surface area contributed by atoms with Crippen molar-refractivity contribution in [3.05, 3.63) is 88.3 Å². The SMILES string of the molecule is Cc1ccc(OCC(O)CN(Cc2cccc(Cl)c2)Cc2ccco2)c(C)c1. The smallest absolute Gasteiger partial charge is 0.122 e. The van der Waals surface area contributed by atoms with E-state index in [1.165, 1.54) is 5.56 Å². The van der Waals surface area contributed by atoms with E-state index in [1.54, 1.807) is 6.26 Å². The van der Waals surface area contributed by atoms with E-state index in [0.717, 1.165) is 22.6 Å². The summed E-state index contributed by atoms with van der Waals surface area (Å²) in [6.45, 7) is 6.00. The minimum Gasteiger partial charge on any atom is -0.491 e. The number of nitrogens with zero attached hydrogens (tertiary/aromatic N) is 1. The highest BCUT2D eigenvalue weighted by molar-refractivity contribution is 6.30. The first-order chi connectivity index (χ1) is 13.5. The fourth-order valence-corrected chi connectivity index (χ4v) is 3.41. The summed E-state index contributed by atoms with van der Waals surface area (Å²) in [6.07, 6.45) is 1.03. The number of aryl methyl sites for hydroxylation is 2. The average molecular weight is 400 g/mol. The van der Waals surface area contributed by atoms with Crippen molar-refractivity contribution in [2.24, 2.45) is 0 Å². The molecule has 148 valence electrons. The van der Waals surface area contributed by atoms with E-state index in [2.05, 4.69) is 11.0 Å². The Morgan fingerprint density at radius 1 is 1.07 bits per heavy atom. The maximum Gasteiger partial charge on any atom is 0.122 e. The van der Waals surface area contributed by atoms with Gasteiger partial charge < -0.3 is 14.3 Å². The number of furan rings is 1. The Balaban J connectivity index is 1.62. The molecule has 0 aliphatic rings. The van der Waals surface area contributed by atoms with Gasteiger partial charge in [0.1, 0.15) is 24.2 Å². The van der Waals surface area contributed by atoms with Gasteiger partial charge in [0.25, 0.3) is 0 Å². The second-order valence-electron chi connectivity index (χ2n) is 7.11. The van der Waals surface area contributed by atoms with E-state index in [9.17, 15) is 5.11 Å². The lowest BCUT2D eigenvalue weighted by Gasteiger charge is -2.24. The van der Waals surface area contributed by atoms with Crippen molar-refractivity contribution < 1.29 is 14.3 Å². The molecule has 1 unspecified atom stereocenters. The van der Waals surface area contributed by atoms with E-state index >= 15 is 0 Å². The first kappa shape index (κ1) is 20.5. The largest absolute Gasteiger partial charge is 0.491 e. The molecule has 0 aliphatic heterocycles. The van der Waals surface area contributed by atoms with Gasteiger partial charge in [0.05, 0.1) is 12.8 Å². The van der Waals surface area contributed by atoms with Crippen molar-refractivity contribution in [3.63, 3.8) is 0 Å². The van der Waals surface area contributed by atoms with Crippen LogP contribution in [0.5, 0.6) is 5.75 Å². The van der Waals surface area contributed by atoms with Crippen molar-refractivity contribution in [1.82, 2.24) is 4.90 Å². The standard InChI is InChI=1S/C23H26ClNO3/c1-17-8-9-23(18(2)11-17)28-16-21(26)14-25(15-22-7-4-10-27-22)13-19-5-3-6-20(24)12-19/h3-12,21,26H,13-16H2,1-2H3. The zero-order valence-corrected chi connectivity index (χ0v) is 17.0. The van der Waals surface area contributed by atoms with E-state index in [0.29, 0.717) is 24.7 Å². The van der Waals surface area contributed by atoms with Crippen LogP contribution in [0.4, 0.5) is 0 Å². The highest BCUT2D eigenvalue weighted by Gasteiger charge is 2.15. The van der Waals surface area contributed by atoms with Crippen LogP contribution < -0.4 is 4.74 Å². The summed E-state index contributed by atoms with van der Waals surface area (Å²) in [5.74, 6) is 1.65. The van der Waals surface area contributed by atoms with Crippen molar-refractivity contribution in [3.8, 4) is 5.75 Å². The van der Waals surface area contributed by atoms with E-state index < -0.39 is 6.10 Å². The van der Waals surface area contributed by atoms with Gasteiger partial charge in [0, 0.05) is 18.1 Å². The Kier molecular flexibility index (Phi) is 7.15. The van der Waals surface area contributed by atoms with Gasteiger partial charge in [-0.1, -0.05) is 41.4 Å². The molecule has 3 aromatic rings. The molecule has 1 heterocycles. The van der Waals surface area contributed by atoms with Crippen LogP contribution in [0, 0.1) is 13.8 Å². The van der Waals surface area contributed by atoms with Gasteiger partial charge in [-0.25, -0.2) is 0 Å². The first-order valence-corrected chi connectivity index (χ1v) is 9.74. The van der Waals surface area contributed by atoms with E-state index in [4.69, 9.17) is 20.8 Å². The second-order valence-corrected chi connectivity index (χ2v) is 7.55. The number of rotatable bonds is 9. The third-order valence-corrected chi connectivity index (χ3v) is 4.72. The molecule has 4 nitrogen and oxygen atoms in total. The van der Waals surface area contributed by atoms with Crippen molar-refractivity contribution in [2.45, 2.75) is 33.0 Å². The molecule has 3 rings (SSSR count). The molecular formula is C23H26ClNO3. The van der Waals surface area contributed by atoms with Gasteiger partial charge in [-0.3, -0.25) is 4.90 Å².